The van der Waals surface area contributed by atoms with E-state index in [-0.39, 0.29) is 49.9 Å². The number of carbonyl (C=O) groups is 2. The number of anilines is 1. The van der Waals surface area contributed by atoms with Crippen LogP contribution in [0.25, 0.3) is 0 Å². The summed E-state index contributed by atoms with van der Waals surface area (Å²) < 4.78 is 11.7. The summed E-state index contributed by atoms with van der Waals surface area (Å²) >= 11 is 6.01. The Morgan fingerprint density at radius 3 is 2.90 bits per heavy atom. The van der Waals surface area contributed by atoms with E-state index in [2.05, 4.69) is 10.6 Å². The largest absolute Gasteiger partial charge is 0.389 e. The molecule has 1 aromatic carbocycles. The molecule has 0 aliphatic carbocycles. The van der Waals surface area contributed by atoms with Crippen molar-refractivity contribution < 1.29 is 24.2 Å². The van der Waals surface area contributed by atoms with Gasteiger partial charge in [0.15, 0.2) is 0 Å². The van der Waals surface area contributed by atoms with E-state index in [1.165, 1.54) is 0 Å². The van der Waals surface area contributed by atoms with Gasteiger partial charge in [0.2, 0.25) is 5.91 Å². The molecule has 9 heteroatoms. The first-order chi connectivity index (χ1) is 14.5. The van der Waals surface area contributed by atoms with Crippen LogP contribution in [0.3, 0.4) is 0 Å². The highest BCUT2D eigenvalue weighted by atomic mass is 35.5. The Bertz CT molecular complexity index is 734. The normalized spacial score (nSPS) is 26.8. The minimum absolute atomic E-state index is 0.0296. The molecule has 4 atom stereocenters. The lowest BCUT2D eigenvalue weighted by Crippen LogP contribution is -2.58. The molecule has 0 saturated carbocycles. The lowest BCUT2D eigenvalue weighted by molar-refractivity contribution is -0.149. The van der Waals surface area contributed by atoms with Crippen LogP contribution in [0, 0.1) is 0 Å². The third-order valence-corrected chi connectivity index (χ3v) is 5.54. The van der Waals surface area contributed by atoms with Gasteiger partial charge in [-0.3, -0.25) is 4.79 Å². The van der Waals surface area contributed by atoms with Crippen molar-refractivity contribution in [2.24, 2.45) is 0 Å². The predicted molar refractivity (Wildman–Crippen MR) is 114 cm³/mol. The highest BCUT2D eigenvalue weighted by molar-refractivity contribution is 6.30. The first-order valence-electron chi connectivity index (χ1n) is 10.5. The highest BCUT2D eigenvalue weighted by Gasteiger charge is 2.40. The maximum absolute atomic E-state index is 13.0. The van der Waals surface area contributed by atoms with E-state index in [9.17, 15) is 14.7 Å². The number of halogens is 1. The number of hydrogen-bond donors (Lipinski definition) is 3. The molecular formula is C21H30ClN3O5. The van der Waals surface area contributed by atoms with Crippen molar-refractivity contribution in [2.75, 3.05) is 31.6 Å². The Balaban J connectivity index is 1.67. The Labute approximate surface area is 181 Å². The second kappa shape index (κ2) is 10.9. The molecule has 3 amide bonds. The van der Waals surface area contributed by atoms with Crippen molar-refractivity contribution in [1.29, 1.82) is 0 Å². The number of rotatable bonds is 5. The second-order valence-electron chi connectivity index (χ2n) is 7.78. The number of carbonyl (C=O) groups excluding carboxylic acids is 2. The molecule has 8 nitrogen and oxygen atoms in total. The quantitative estimate of drug-likeness (QED) is 0.654. The zero-order valence-corrected chi connectivity index (χ0v) is 17.9. The number of nitrogens with zero attached hydrogens (tertiary/aromatic N) is 1. The third kappa shape index (κ3) is 6.31. The van der Waals surface area contributed by atoms with E-state index in [0.29, 0.717) is 36.5 Å². The van der Waals surface area contributed by atoms with E-state index in [1.807, 2.05) is 6.92 Å². The number of aliphatic hydroxyl groups excluding tert-OH is 1. The average Bonchev–Trinajstić information content (AvgIpc) is 2.69. The molecule has 0 spiro atoms. The van der Waals surface area contributed by atoms with Gasteiger partial charge in [-0.05, 0) is 37.5 Å². The summed E-state index contributed by atoms with van der Waals surface area (Å²) in [7, 11) is 0. The first-order valence-corrected chi connectivity index (χ1v) is 10.8. The van der Waals surface area contributed by atoms with Crippen LogP contribution in [0.2, 0.25) is 5.02 Å². The summed E-state index contributed by atoms with van der Waals surface area (Å²) in [5.41, 5.74) is 0.582. The molecule has 0 bridgehead atoms. The van der Waals surface area contributed by atoms with Crippen molar-refractivity contribution in [3.63, 3.8) is 0 Å². The number of urea groups is 1. The molecule has 0 aromatic heterocycles. The van der Waals surface area contributed by atoms with Crippen LogP contribution < -0.4 is 10.6 Å². The molecule has 2 aliphatic rings. The number of benzene rings is 1. The summed E-state index contributed by atoms with van der Waals surface area (Å²) in [6.07, 6.45) is 1.13. The zero-order valence-electron chi connectivity index (χ0n) is 17.2. The van der Waals surface area contributed by atoms with E-state index >= 15 is 0 Å². The number of hydrogen-bond acceptors (Lipinski definition) is 5. The minimum atomic E-state index is -0.784. The fourth-order valence-corrected chi connectivity index (χ4v) is 4.07. The topological polar surface area (TPSA) is 100 Å². The van der Waals surface area contributed by atoms with Crippen LogP contribution in [0.15, 0.2) is 24.3 Å². The molecule has 3 N–H and O–H groups in total. The minimum Gasteiger partial charge on any atom is -0.389 e. The Morgan fingerprint density at radius 2 is 2.13 bits per heavy atom. The van der Waals surface area contributed by atoms with Crippen LogP contribution in [-0.2, 0) is 14.3 Å². The number of aliphatic hydroxyl groups is 1. The molecule has 2 fully saturated rings. The SMILES string of the molecule is CCCNC(=O)C[C@@H]1CC[C@@H]2[C@H](COC[C@H](O)CN2C(=O)Nc2cccc(Cl)c2)O1. The van der Waals surface area contributed by atoms with Gasteiger partial charge in [0.05, 0.1) is 44.4 Å². The molecule has 166 valence electrons. The van der Waals surface area contributed by atoms with Gasteiger partial charge >= 0.3 is 6.03 Å². The van der Waals surface area contributed by atoms with E-state index in [0.717, 1.165) is 6.42 Å². The van der Waals surface area contributed by atoms with Crippen LogP contribution in [0.5, 0.6) is 0 Å². The van der Waals surface area contributed by atoms with Crippen molar-refractivity contribution >= 4 is 29.2 Å². The monoisotopic (exact) mass is 439 g/mol. The summed E-state index contributed by atoms with van der Waals surface area (Å²) in [6.45, 7) is 3.17. The molecule has 2 aliphatic heterocycles. The van der Waals surface area contributed by atoms with Gasteiger partial charge in [-0.25, -0.2) is 4.79 Å². The molecule has 30 heavy (non-hydrogen) atoms. The summed E-state index contributed by atoms with van der Waals surface area (Å²) in [4.78, 5) is 26.7. The van der Waals surface area contributed by atoms with E-state index in [4.69, 9.17) is 21.1 Å². The molecule has 2 heterocycles. The molecular weight excluding hydrogens is 410 g/mol. The fraction of sp³-hybridized carbons (Fsp3) is 0.619. The summed E-state index contributed by atoms with van der Waals surface area (Å²) in [5, 5.41) is 16.5. The maximum atomic E-state index is 13.0. The number of ether oxygens (including phenoxy) is 2. The second-order valence-corrected chi connectivity index (χ2v) is 8.22. The molecule has 3 rings (SSSR count). The van der Waals surface area contributed by atoms with Crippen molar-refractivity contribution in [3.8, 4) is 0 Å². The number of fused-ring (bicyclic) bond motifs is 1. The summed E-state index contributed by atoms with van der Waals surface area (Å²) in [6, 6.07) is 6.34. The molecule has 0 radical (unpaired) electrons. The molecule has 2 saturated heterocycles. The predicted octanol–water partition coefficient (Wildman–Crippen LogP) is 2.40. The van der Waals surface area contributed by atoms with Crippen LogP contribution in [0.4, 0.5) is 10.5 Å². The number of nitrogens with one attached hydrogen (secondary N) is 2. The summed E-state index contributed by atoms with van der Waals surface area (Å²) in [5.74, 6) is -0.0296. The van der Waals surface area contributed by atoms with Gasteiger partial charge in [0.25, 0.3) is 0 Å². The first kappa shape index (κ1) is 22.8. The van der Waals surface area contributed by atoms with E-state index in [1.54, 1.807) is 29.2 Å². The Kier molecular flexibility index (Phi) is 8.32. The van der Waals surface area contributed by atoms with Gasteiger partial charge in [-0.15, -0.1) is 0 Å². The maximum Gasteiger partial charge on any atom is 0.322 e. The third-order valence-electron chi connectivity index (χ3n) is 5.30. The van der Waals surface area contributed by atoms with Crippen LogP contribution in [-0.4, -0.2) is 72.6 Å². The average molecular weight is 440 g/mol. The Hall–Kier alpha value is -1.87. The fourth-order valence-electron chi connectivity index (χ4n) is 3.88. The van der Waals surface area contributed by atoms with Gasteiger partial charge in [0.1, 0.15) is 6.10 Å². The van der Waals surface area contributed by atoms with Crippen LogP contribution >= 0.6 is 11.6 Å². The number of amides is 3. The molecule has 1 aromatic rings. The molecule has 0 unspecified atom stereocenters. The Morgan fingerprint density at radius 1 is 1.30 bits per heavy atom. The van der Waals surface area contributed by atoms with Crippen molar-refractivity contribution in [3.05, 3.63) is 29.3 Å². The van der Waals surface area contributed by atoms with Gasteiger partial charge in [0, 0.05) is 17.3 Å². The van der Waals surface area contributed by atoms with Crippen molar-refractivity contribution in [2.45, 2.75) is 57.0 Å². The lowest BCUT2D eigenvalue weighted by atomic mass is 9.95. The van der Waals surface area contributed by atoms with Gasteiger partial charge in [-0.1, -0.05) is 24.6 Å². The van der Waals surface area contributed by atoms with Gasteiger partial charge in [-0.2, -0.15) is 0 Å². The van der Waals surface area contributed by atoms with Crippen LogP contribution in [0.1, 0.15) is 32.6 Å². The smallest absolute Gasteiger partial charge is 0.322 e. The van der Waals surface area contributed by atoms with E-state index < -0.39 is 6.10 Å². The highest BCUT2D eigenvalue weighted by Crippen LogP contribution is 2.28. The van der Waals surface area contributed by atoms with Gasteiger partial charge < -0.3 is 30.1 Å². The number of β-amino-alcohol motifs (C(OH)–C–C–N with tert-alkyl or cyclic N) is 1. The van der Waals surface area contributed by atoms with Crippen molar-refractivity contribution in [1.82, 2.24) is 10.2 Å². The zero-order chi connectivity index (χ0) is 21.5. The lowest BCUT2D eigenvalue weighted by Gasteiger charge is -2.44. The standard InChI is InChI=1S/C21H30ClN3O5/c1-2-8-23-20(27)10-17-6-7-18-19(30-17)13-29-12-16(26)11-25(18)21(28)24-15-5-3-4-14(22)9-15/h3-5,9,16-19,26H,2,6-8,10-13H2,1H3,(H,23,27)(H,24,28)/t16-,17+,18-,19+/m1/s1.